The molecule has 9 heteroatoms. The van der Waals surface area contributed by atoms with Crippen molar-refractivity contribution >= 4 is 37.1 Å². The zero-order valence-corrected chi connectivity index (χ0v) is 12.9. The van der Waals surface area contributed by atoms with Crippen LogP contribution in [0.5, 0.6) is 0 Å². The van der Waals surface area contributed by atoms with Crippen LogP contribution < -0.4 is 5.73 Å². The van der Waals surface area contributed by atoms with Crippen LogP contribution in [-0.4, -0.2) is 46.7 Å². The number of rotatable bonds is 5. The third kappa shape index (κ3) is 4.34. The van der Waals surface area contributed by atoms with E-state index in [0.717, 1.165) is 10.6 Å². The number of nitrogens with two attached hydrogens (primary N) is 1. The SMILES string of the molecule is CN(CCS(C)(=O)=O)S(=O)(=O)c1ccc(N)cc1Cl. The van der Waals surface area contributed by atoms with Crippen LogP contribution >= 0.6 is 11.6 Å². The van der Waals surface area contributed by atoms with E-state index in [0.29, 0.717) is 5.69 Å². The molecule has 0 aliphatic rings. The summed E-state index contributed by atoms with van der Waals surface area (Å²) in [7, 11) is -5.77. The molecule has 0 amide bonds. The zero-order valence-electron chi connectivity index (χ0n) is 10.5. The average molecular weight is 327 g/mol. The maximum atomic E-state index is 12.2. The van der Waals surface area contributed by atoms with Crippen molar-refractivity contribution in [1.82, 2.24) is 4.31 Å². The summed E-state index contributed by atoms with van der Waals surface area (Å²) < 4.78 is 47.4. The van der Waals surface area contributed by atoms with E-state index in [9.17, 15) is 16.8 Å². The molecule has 2 N–H and O–H groups in total. The minimum absolute atomic E-state index is 0.00575. The highest BCUT2D eigenvalue weighted by Crippen LogP contribution is 2.25. The molecule has 1 aromatic rings. The van der Waals surface area contributed by atoms with Gasteiger partial charge in [-0.15, -0.1) is 0 Å². The van der Waals surface area contributed by atoms with Crippen LogP contribution in [0.25, 0.3) is 0 Å². The van der Waals surface area contributed by atoms with Gasteiger partial charge in [-0.05, 0) is 18.2 Å². The largest absolute Gasteiger partial charge is 0.399 e. The average Bonchev–Trinajstić information content (AvgIpc) is 2.24. The smallest absolute Gasteiger partial charge is 0.244 e. The van der Waals surface area contributed by atoms with Crippen LogP contribution in [0.15, 0.2) is 23.1 Å². The standard InChI is InChI=1S/C10H15ClN2O4S2/c1-13(5-6-18(2,14)15)19(16,17)10-4-3-8(12)7-9(10)11/h3-4,7H,5-6,12H2,1-2H3. The first-order chi connectivity index (χ1) is 8.54. The second-order valence-corrected chi connectivity index (χ2v) is 8.83. The van der Waals surface area contributed by atoms with Crippen LogP contribution in [0.2, 0.25) is 5.02 Å². The van der Waals surface area contributed by atoms with Gasteiger partial charge < -0.3 is 5.73 Å². The van der Waals surface area contributed by atoms with Gasteiger partial charge in [0.05, 0.1) is 10.8 Å². The number of benzene rings is 1. The number of halogens is 1. The number of hydrogen-bond donors (Lipinski definition) is 1. The van der Waals surface area contributed by atoms with Crippen molar-refractivity contribution in [3.05, 3.63) is 23.2 Å². The van der Waals surface area contributed by atoms with E-state index in [2.05, 4.69) is 0 Å². The predicted octanol–water partition coefficient (Wildman–Crippen LogP) is 0.587. The van der Waals surface area contributed by atoms with Gasteiger partial charge >= 0.3 is 0 Å². The summed E-state index contributed by atoms with van der Waals surface area (Å²) in [4.78, 5) is -0.0978. The Kier molecular flexibility index (Phi) is 4.83. The summed E-state index contributed by atoms with van der Waals surface area (Å²) >= 11 is 5.84. The van der Waals surface area contributed by atoms with Crippen LogP contribution in [0, 0.1) is 0 Å². The molecule has 0 unspecified atom stereocenters. The van der Waals surface area contributed by atoms with E-state index in [1.807, 2.05) is 0 Å². The number of hydrogen-bond acceptors (Lipinski definition) is 5. The minimum Gasteiger partial charge on any atom is -0.399 e. The van der Waals surface area contributed by atoms with Gasteiger partial charge in [-0.3, -0.25) is 0 Å². The van der Waals surface area contributed by atoms with E-state index in [-0.39, 0.29) is 22.2 Å². The van der Waals surface area contributed by atoms with Gasteiger partial charge in [0.15, 0.2) is 0 Å². The lowest BCUT2D eigenvalue weighted by Crippen LogP contribution is -2.31. The Morgan fingerprint density at radius 1 is 1.26 bits per heavy atom. The van der Waals surface area contributed by atoms with Crippen molar-refractivity contribution < 1.29 is 16.8 Å². The molecule has 0 heterocycles. The molecule has 0 saturated heterocycles. The van der Waals surface area contributed by atoms with Gasteiger partial charge in [0.2, 0.25) is 10.0 Å². The normalized spacial score (nSPS) is 12.8. The van der Waals surface area contributed by atoms with Gasteiger partial charge in [0.25, 0.3) is 0 Å². The molecular weight excluding hydrogens is 312 g/mol. The van der Waals surface area contributed by atoms with Crippen LogP contribution in [-0.2, 0) is 19.9 Å². The molecule has 0 saturated carbocycles. The highest BCUT2D eigenvalue weighted by atomic mass is 35.5. The molecule has 0 atom stereocenters. The minimum atomic E-state index is -3.83. The quantitative estimate of drug-likeness (QED) is 0.798. The van der Waals surface area contributed by atoms with Crippen molar-refractivity contribution in [3.63, 3.8) is 0 Å². The molecule has 0 fully saturated rings. The molecule has 0 radical (unpaired) electrons. The summed E-state index contributed by atoms with van der Waals surface area (Å²) in [6.45, 7) is -0.137. The second kappa shape index (κ2) is 5.66. The zero-order chi connectivity index (χ0) is 14.8. The molecule has 0 aliphatic heterocycles. The summed E-state index contributed by atoms with van der Waals surface area (Å²) in [5.74, 6) is -0.255. The predicted molar refractivity (Wildman–Crippen MR) is 75.4 cm³/mol. The first kappa shape index (κ1) is 16.2. The highest BCUT2D eigenvalue weighted by Gasteiger charge is 2.24. The van der Waals surface area contributed by atoms with Crippen molar-refractivity contribution in [2.45, 2.75) is 4.90 Å². The molecule has 6 nitrogen and oxygen atoms in total. The number of sulfonamides is 1. The lowest BCUT2D eigenvalue weighted by atomic mass is 10.3. The van der Waals surface area contributed by atoms with Crippen molar-refractivity contribution in [3.8, 4) is 0 Å². The maximum absolute atomic E-state index is 12.2. The molecule has 1 aromatic carbocycles. The van der Waals surface area contributed by atoms with E-state index >= 15 is 0 Å². The second-order valence-electron chi connectivity index (χ2n) is 4.15. The summed E-state index contributed by atoms with van der Waals surface area (Å²) in [5, 5.41) is 0.00575. The molecule has 108 valence electrons. The number of anilines is 1. The molecule has 0 aromatic heterocycles. The summed E-state index contributed by atoms with van der Waals surface area (Å²) in [6, 6.07) is 4.05. The van der Waals surface area contributed by atoms with E-state index in [1.165, 1.54) is 25.2 Å². The Hall–Kier alpha value is -0.830. The number of sulfone groups is 1. The van der Waals surface area contributed by atoms with Crippen LogP contribution in [0.4, 0.5) is 5.69 Å². The number of nitrogen functional groups attached to an aromatic ring is 1. The van der Waals surface area contributed by atoms with Gasteiger partial charge in [0.1, 0.15) is 14.7 Å². The molecule has 1 rings (SSSR count). The highest BCUT2D eigenvalue weighted by molar-refractivity contribution is 7.91. The van der Waals surface area contributed by atoms with Gasteiger partial charge in [-0.25, -0.2) is 16.8 Å². The fraction of sp³-hybridized carbons (Fsp3) is 0.400. The van der Waals surface area contributed by atoms with Gasteiger partial charge in [-0.1, -0.05) is 11.6 Å². The Labute approximate surface area is 118 Å². The van der Waals surface area contributed by atoms with Crippen molar-refractivity contribution in [2.75, 3.05) is 31.3 Å². The molecule has 19 heavy (non-hydrogen) atoms. The van der Waals surface area contributed by atoms with Gasteiger partial charge in [-0.2, -0.15) is 4.31 Å². The van der Waals surface area contributed by atoms with Crippen molar-refractivity contribution in [2.24, 2.45) is 0 Å². The summed E-state index contributed by atoms with van der Waals surface area (Å²) in [5.41, 5.74) is 5.84. The summed E-state index contributed by atoms with van der Waals surface area (Å²) in [6.07, 6.45) is 1.05. The van der Waals surface area contributed by atoms with Gasteiger partial charge in [0, 0.05) is 25.5 Å². The first-order valence-corrected chi connectivity index (χ1v) is 9.11. The maximum Gasteiger partial charge on any atom is 0.244 e. The van der Waals surface area contributed by atoms with E-state index < -0.39 is 19.9 Å². The third-order valence-corrected chi connectivity index (χ3v) is 5.69. The van der Waals surface area contributed by atoms with Crippen LogP contribution in [0.1, 0.15) is 0 Å². The molecule has 0 bridgehead atoms. The monoisotopic (exact) mass is 326 g/mol. The Balaban J connectivity index is 3.03. The van der Waals surface area contributed by atoms with E-state index in [1.54, 1.807) is 0 Å². The molecular formula is C10H15ClN2O4S2. The Bertz CT molecular complexity index is 671. The van der Waals surface area contributed by atoms with Crippen LogP contribution in [0.3, 0.4) is 0 Å². The fourth-order valence-corrected chi connectivity index (χ4v) is 3.72. The molecule has 0 spiro atoms. The Morgan fingerprint density at radius 3 is 2.32 bits per heavy atom. The van der Waals surface area contributed by atoms with Crippen molar-refractivity contribution in [1.29, 1.82) is 0 Å². The lowest BCUT2D eigenvalue weighted by Gasteiger charge is -2.17. The lowest BCUT2D eigenvalue weighted by molar-refractivity contribution is 0.485. The Morgan fingerprint density at radius 2 is 1.84 bits per heavy atom. The number of nitrogens with zero attached hydrogens (tertiary/aromatic N) is 1. The van der Waals surface area contributed by atoms with E-state index in [4.69, 9.17) is 17.3 Å². The molecule has 0 aliphatic carbocycles. The topological polar surface area (TPSA) is 97.5 Å². The first-order valence-electron chi connectivity index (χ1n) is 5.23. The fourth-order valence-electron chi connectivity index (χ4n) is 1.31. The third-order valence-electron chi connectivity index (χ3n) is 2.42.